The van der Waals surface area contributed by atoms with Crippen LogP contribution < -0.4 is 5.73 Å². The third-order valence-corrected chi connectivity index (χ3v) is 2.75. The highest BCUT2D eigenvalue weighted by Gasteiger charge is 2.24. The van der Waals surface area contributed by atoms with Crippen molar-refractivity contribution in [3.05, 3.63) is 35.4 Å². The van der Waals surface area contributed by atoms with Gasteiger partial charge in [-0.1, -0.05) is 43.2 Å². The molecule has 0 aliphatic rings. The predicted molar refractivity (Wildman–Crippen MR) is 63.8 cm³/mol. The number of benzene rings is 1. The zero-order valence-electron chi connectivity index (χ0n) is 9.66. The molecule has 15 heavy (non-hydrogen) atoms. The number of nitrogens with two attached hydrogens (primary N) is 1. The molecule has 1 unspecified atom stereocenters. The molecular weight excluding hydrogens is 186 g/mol. The summed E-state index contributed by atoms with van der Waals surface area (Å²) in [5, 5.41) is 10.2. The molecule has 0 radical (unpaired) electrons. The first-order valence-electron chi connectivity index (χ1n) is 5.57. The molecule has 0 aliphatic carbocycles. The quantitative estimate of drug-likeness (QED) is 0.776. The largest absolute Gasteiger partial charge is 0.388 e. The minimum absolute atomic E-state index is 0.328. The normalized spacial score (nSPS) is 14.9. The van der Waals surface area contributed by atoms with Gasteiger partial charge >= 0.3 is 0 Å². The van der Waals surface area contributed by atoms with Crippen LogP contribution in [-0.4, -0.2) is 17.3 Å². The van der Waals surface area contributed by atoms with E-state index in [-0.39, 0.29) is 0 Å². The standard InChI is InChI=1S/C13H21NO/c1-3-8-13(15,10-14)9-12-6-4-11(2)5-7-12/h4-7,15H,3,8-10,14H2,1-2H3. The predicted octanol–water partition coefficient (Wildman–Crippen LogP) is 2.03. The molecule has 1 atom stereocenters. The van der Waals surface area contributed by atoms with Crippen molar-refractivity contribution < 1.29 is 5.11 Å². The summed E-state index contributed by atoms with van der Waals surface area (Å²) in [7, 11) is 0. The molecule has 2 heteroatoms. The van der Waals surface area contributed by atoms with Crippen LogP contribution in [0.1, 0.15) is 30.9 Å². The Kier molecular flexibility index (Phi) is 4.30. The van der Waals surface area contributed by atoms with Gasteiger partial charge in [0.1, 0.15) is 0 Å². The lowest BCUT2D eigenvalue weighted by molar-refractivity contribution is 0.0399. The van der Waals surface area contributed by atoms with E-state index >= 15 is 0 Å². The van der Waals surface area contributed by atoms with Crippen LogP contribution >= 0.6 is 0 Å². The zero-order valence-corrected chi connectivity index (χ0v) is 9.66. The van der Waals surface area contributed by atoms with E-state index < -0.39 is 5.60 Å². The fourth-order valence-corrected chi connectivity index (χ4v) is 1.81. The van der Waals surface area contributed by atoms with Crippen LogP contribution in [0.3, 0.4) is 0 Å². The van der Waals surface area contributed by atoms with Crippen LogP contribution in [0, 0.1) is 6.92 Å². The molecule has 0 spiro atoms. The maximum atomic E-state index is 10.2. The Balaban J connectivity index is 2.70. The fourth-order valence-electron chi connectivity index (χ4n) is 1.81. The van der Waals surface area contributed by atoms with Crippen molar-refractivity contribution in [1.29, 1.82) is 0 Å². The summed E-state index contributed by atoms with van der Waals surface area (Å²) in [6.07, 6.45) is 2.37. The number of aliphatic hydroxyl groups is 1. The molecule has 1 rings (SSSR count). The molecule has 84 valence electrons. The maximum absolute atomic E-state index is 10.2. The van der Waals surface area contributed by atoms with E-state index in [9.17, 15) is 5.11 Å². The van der Waals surface area contributed by atoms with Crippen molar-refractivity contribution in [3.63, 3.8) is 0 Å². The van der Waals surface area contributed by atoms with Crippen LogP contribution in [0.5, 0.6) is 0 Å². The van der Waals surface area contributed by atoms with Gasteiger partial charge in [0.25, 0.3) is 0 Å². The lowest BCUT2D eigenvalue weighted by Crippen LogP contribution is -2.39. The molecule has 0 aromatic heterocycles. The highest BCUT2D eigenvalue weighted by atomic mass is 16.3. The summed E-state index contributed by atoms with van der Waals surface area (Å²) in [4.78, 5) is 0. The molecule has 0 aliphatic heterocycles. The molecule has 0 fully saturated rings. The Morgan fingerprint density at radius 3 is 2.33 bits per heavy atom. The summed E-state index contributed by atoms with van der Waals surface area (Å²) < 4.78 is 0. The van der Waals surface area contributed by atoms with Gasteiger partial charge in [-0.2, -0.15) is 0 Å². The number of hydrogen-bond acceptors (Lipinski definition) is 2. The molecule has 3 N–H and O–H groups in total. The van der Waals surface area contributed by atoms with Crippen LogP contribution in [0.2, 0.25) is 0 Å². The topological polar surface area (TPSA) is 46.2 Å². The van der Waals surface area contributed by atoms with Crippen molar-refractivity contribution in [2.75, 3.05) is 6.54 Å². The van der Waals surface area contributed by atoms with E-state index in [1.807, 2.05) is 0 Å². The van der Waals surface area contributed by atoms with Gasteiger partial charge in [0.05, 0.1) is 5.60 Å². The summed E-state index contributed by atoms with van der Waals surface area (Å²) in [6.45, 7) is 4.45. The van der Waals surface area contributed by atoms with E-state index in [4.69, 9.17) is 5.73 Å². The first-order valence-corrected chi connectivity index (χ1v) is 5.57. The smallest absolute Gasteiger partial charge is 0.0809 e. The van der Waals surface area contributed by atoms with Gasteiger partial charge in [0, 0.05) is 13.0 Å². The van der Waals surface area contributed by atoms with Gasteiger partial charge in [-0.3, -0.25) is 0 Å². The maximum Gasteiger partial charge on any atom is 0.0809 e. The summed E-state index contributed by atoms with van der Waals surface area (Å²) in [5.74, 6) is 0. The highest BCUT2D eigenvalue weighted by Crippen LogP contribution is 2.18. The highest BCUT2D eigenvalue weighted by molar-refractivity contribution is 5.22. The summed E-state index contributed by atoms with van der Waals surface area (Å²) >= 11 is 0. The van der Waals surface area contributed by atoms with Crippen molar-refractivity contribution in [2.24, 2.45) is 5.73 Å². The summed E-state index contributed by atoms with van der Waals surface area (Å²) in [6, 6.07) is 8.26. The Hall–Kier alpha value is -0.860. The third-order valence-electron chi connectivity index (χ3n) is 2.75. The molecule has 0 saturated heterocycles. The van der Waals surface area contributed by atoms with Crippen molar-refractivity contribution >= 4 is 0 Å². The monoisotopic (exact) mass is 207 g/mol. The van der Waals surface area contributed by atoms with E-state index in [2.05, 4.69) is 38.1 Å². The molecule has 0 amide bonds. The van der Waals surface area contributed by atoms with Gasteiger partial charge in [0.15, 0.2) is 0 Å². The second-order valence-corrected chi connectivity index (χ2v) is 4.34. The molecule has 1 aromatic rings. The molecule has 2 nitrogen and oxygen atoms in total. The van der Waals surface area contributed by atoms with E-state index in [0.29, 0.717) is 13.0 Å². The fraction of sp³-hybridized carbons (Fsp3) is 0.538. The van der Waals surface area contributed by atoms with E-state index in [0.717, 1.165) is 18.4 Å². The minimum Gasteiger partial charge on any atom is -0.388 e. The average molecular weight is 207 g/mol. The second-order valence-electron chi connectivity index (χ2n) is 4.34. The van der Waals surface area contributed by atoms with Crippen LogP contribution in [0.4, 0.5) is 0 Å². The van der Waals surface area contributed by atoms with E-state index in [1.54, 1.807) is 0 Å². The first-order chi connectivity index (χ1) is 7.09. The van der Waals surface area contributed by atoms with Crippen LogP contribution in [0.25, 0.3) is 0 Å². The van der Waals surface area contributed by atoms with Crippen molar-refractivity contribution in [1.82, 2.24) is 0 Å². The molecular formula is C13H21NO. The van der Waals surface area contributed by atoms with E-state index in [1.165, 1.54) is 5.56 Å². The number of hydrogen-bond donors (Lipinski definition) is 2. The number of aryl methyl sites for hydroxylation is 1. The van der Waals surface area contributed by atoms with Gasteiger partial charge in [-0.05, 0) is 18.9 Å². The van der Waals surface area contributed by atoms with Crippen molar-refractivity contribution in [3.8, 4) is 0 Å². The van der Waals surface area contributed by atoms with Gasteiger partial charge in [0.2, 0.25) is 0 Å². The first kappa shape index (κ1) is 12.2. The SMILES string of the molecule is CCCC(O)(CN)Cc1ccc(C)cc1. The molecule has 1 aromatic carbocycles. The van der Waals surface area contributed by atoms with Gasteiger partial charge < -0.3 is 10.8 Å². The Bertz CT molecular complexity index is 294. The third kappa shape index (κ3) is 3.65. The average Bonchev–Trinajstić information content (AvgIpc) is 2.22. The van der Waals surface area contributed by atoms with Gasteiger partial charge in [-0.25, -0.2) is 0 Å². The zero-order chi connectivity index (χ0) is 11.3. The minimum atomic E-state index is -0.732. The lowest BCUT2D eigenvalue weighted by atomic mass is 9.90. The van der Waals surface area contributed by atoms with Gasteiger partial charge in [-0.15, -0.1) is 0 Å². The lowest BCUT2D eigenvalue weighted by Gasteiger charge is -2.26. The number of rotatable bonds is 5. The van der Waals surface area contributed by atoms with Crippen LogP contribution in [0.15, 0.2) is 24.3 Å². The Morgan fingerprint density at radius 2 is 1.87 bits per heavy atom. The second kappa shape index (κ2) is 5.29. The van der Waals surface area contributed by atoms with Crippen LogP contribution in [-0.2, 0) is 6.42 Å². The Labute approximate surface area is 92.1 Å². The van der Waals surface area contributed by atoms with Crippen molar-refractivity contribution in [2.45, 2.75) is 38.7 Å². The molecule has 0 bridgehead atoms. The summed E-state index contributed by atoms with van der Waals surface area (Å²) in [5.41, 5.74) is 7.28. The molecule has 0 heterocycles. The Morgan fingerprint density at radius 1 is 1.27 bits per heavy atom. The molecule has 0 saturated carbocycles.